The standard InChI is InChI=1S/C9H11BrN2/c10-7-3-5-12-9(6-7)8-2-1-4-11-8/h3,5-6,8,11H,1-2,4H2. The third-order valence-corrected chi connectivity index (χ3v) is 2.65. The number of hydrogen-bond acceptors (Lipinski definition) is 2. The van der Waals surface area contributed by atoms with E-state index in [2.05, 4.69) is 32.3 Å². The highest BCUT2D eigenvalue weighted by atomic mass is 79.9. The van der Waals surface area contributed by atoms with E-state index in [0.717, 1.165) is 16.7 Å². The molecule has 1 N–H and O–H groups in total. The lowest BCUT2D eigenvalue weighted by molar-refractivity contribution is 0.627. The van der Waals surface area contributed by atoms with Gasteiger partial charge in [-0.05, 0) is 31.5 Å². The molecule has 1 atom stereocenters. The largest absolute Gasteiger partial charge is 0.309 e. The number of rotatable bonds is 1. The molecule has 2 rings (SSSR count). The zero-order valence-electron chi connectivity index (χ0n) is 6.76. The van der Waals surface area contributed by atoms with E-state index in [4.69, 9.17) is 0 Å². The second kappa shape index (κ2) is 3.54. The zero-order chi connectivity index (χ0) is 8.39. The Morgan fingerprint density at radius 3 is 3.17 bits per heavy atom. The molecule has 1 aliphatic rings. The van der Waals surface area contributed by atoms with Crippen molar-refractivity contribution in [1.82, 2.24) is 10.3 Å². The van der Waals surface area contributed by atoms with Gasteiger partial charge < -0.3 is 5.32 Å². The van der Waals surface area contributed by atoms with Crippen LogP contribution >= 0.6 is 15.9 Å². The highest BCUT2D eigenvalue weighted by Gasteiger charge is 2.16. The average Bonchev–Trinajstić information content (AvgIpc) is 2.56. The maximum Gasteiger partial charge on any atom is 0.0584 e. The van der Waals surface area contributed by atoms with Gasteiger partial charge >= 0.3 is 0 Å². The van der Waals surface area contributed by atoms with Gasteiger partial charge in [0.25, 0.3) is 0 Å². The summed E-state index contributed by atoms with van der Waals surface area (Å²) in [5.41, 5.74) is 1.15. The fourth-order valence-corrected chi connectivity index (χ4v) is 1.90. The fraction of sp³-hybridized carbons (Fsp3) is 0.444. The van der Waals surface area contributed by atoms with Crippen LogP contribution in [0.2, 0.25) is 0 Å². The molecular formula is C9H11BrN2. The summed E-state index contributed by atoms with van der Waals surface area (Å²) in [6.07, 6.45) is 4.32. The molecule has 1 saturated heterocycles. The molecule has 0 radical (unpaired) electrons. The lowest BCUT2D eigenvalue weighted by Crippen LogP contribution is -2.13. The maximum absolute atomic E-state index is 4.33. The third-order valence-electron chi connectivity index (χ3n) is 2.16. The van der Waals surface area contributed by atoms with E-state index in [0.29, 0.717) is 6.04 Å². The van der Waals surface area contributed by atoms with Crippen LogP contribution < -0.4 is 5.32 Å². The Balaban J connectivity index is 2.21. The molecule has 3 heteroatoms. The molecule has 1 aromatic rings. The van der Waals surface area contributed by atoms with Crippen LogP contribution in [0, 0.1) is 0 Å². The van der Waals surface area contributed by atoms with Crippen molar-refractivity contribution in [2.45, 2.75) is 18.9 Å². The van der Waals surface area contributed by atoms with Gasteiger partial charge in [-0.2, -0.15) is 0 Å². The van der Waals surface area contributed by atoms with Crippen LogP contribution in [0.4, 0.5) is 0 Å². The fourth-order valence-electron chi connectivity index (χ4n) is 1.55. The number of hydrogen-bond donors (Lipinski definition) is 1. The minimum absolute atomic E-state index is 0.475. The van der Waals surface area contributed by atoms with Crippen molar-refractivity contribution >= 4 is 15.9 Å². The Bertz CT molecular complexity index is 269. The van der Waals surface area contributed by atoms with Crippen LogP contribution in [0.15, 0.2) is 22.8 Å². The van der Waals surface area contributed by atoms with E-state index in [9.17, 15) is 0 Å². The Morgan fingerprint density at radius 1 is 1.58 bits per heavy atom. The first-order valence-corrected chi connectivity index (χ1v) is 5.00. The lowest BCUT2D eigenvalue weighted by Gasteiger charge is -2.08. The molecule has 0 amide bonds. The Labute approximate surface area is 80.5 Å². The van der Waals surface area contributed by atoms with Crippen LogP contribution in [0.3, 0.4) is 0 Å². The van der Waals surface area contributed by atoms with Gasteiger partial charge in [0.2, 0.25) is 0 Å². The average molecular weight is 227 g/mol. The molecule has 1 aliphatic heterocycles. The molecule has 0 aliphatic carbocycles. The van der Waals surface area contributed by atoms with E-state index in [-0.39, 0.29) is 0 Å². The Morgan fingerprint density at radius 2 is 2.50 bits per heavy atom. The lowest BCUT2D eigenvalue weighted by atomic mass is 10.1. The van der Waals surface area contributed by atoms with Crippen LogP contribution in [0.25, 0.3) is 0 Å². The first kappa shape index (κ1) is 8.20. The minimum atomic E-state index is 0.475. The number of nitrogens with one attached hydrogen (secondary N) is 1. The predicted octanol–water partition coefficient (Wildman–Crippen LogP) is 2.27. The molecule has 0 bridgehead atoms. The summed E-state index contributed by atoms with van der Waals surface area (Å²) >= 11 is 3.44. The molecule has 2 nitrogen and oxygen atoms in total. The highest BCUT2D eigenvalue weighted by Crippen LogP contribution is 2.22. The van der Waals surface area contributed by atoms with Crippen LogP contribution in [0.1, 0.15) is 24.6 Å². The predicted molar refractivity (Wildman–Crippen MR) is 51.9 cm³/mol. The van der Waals surface area contributed by atoms with Gasteiger partial charge in [-0.3, -0.25) is 4.98 Å². The van der Waals surface area contributed by atoms with Gasteiger partial charge in [-0.15, -0.1) is 0 Å². The monoisotopic (exact) mass is 226 g/mol. The van der Waals surface area contributed by atoms with Crippen molar-refractivity contribution in [1.29, 1.82) is 0 Å². The molecule has 12 heavy (non-hydrogen) atoms. The molecule has 1 fully saturated rings. The van der Waals surface area contributed by atoms with Gasteiger partial charge in [0.05, 0.1) is 5.69 Å². The first-order valence-electron chi connectivity index (χ1n) is 4.21. The Hall–Kier alpha value is -0.410. The second-order valence-electron chi connectivity index (χ2n) is 3.05. The molecule has 1 unspecified atom stereocenters. The molecule has 0 spiro atoms. The molecule has 2 heterocycles. The van der Waals surface area contributed by atoms with Crippen molar-refractivity contribution in [3.05, 3.63) is 28.5 Å². The molecule has 1 aromatic heterocycles. The van der Waals surface area contributed by atoms with E-state index in [1.54, 1.807) is 0 Å². The van der Waals surface area contributed by atoms with Gasteiger partial charge in [-0.1, -0.05) is 15.9 Å². The Kier molecular flexibility index (Phi) is 2.42. The summed E-state index contributed by atoms with van der Waals surface area (Å²) in [5, 5.41) is 3.42. The highest BCUT2D eigenvalue weighted by molar-refractivity contribution is 9.10. The number of halogens is 1. The van der Waals surface area contributed by atoms with Crippen LogP contribution in [0.5, 0.6) is 0 Å². The van der Waals surface area contributed by atoms with E-state index >= 15 is 0 Å². The zero-order valence-corrected chi connectivity index (χ0v) is 8.34. The van der Waals surface area contributed by atoms with Crippen molar-refractivity contribution < 1.29 is 0 Å². The number of aromatic nitrogens is 1. The van der Waals surface area contributed by atoms with Crippen molar-refractivity contribution in [2.24, 2.45) is 0 Å². The van der Waals surface area contributed by atoms with E-state index < -0.39 is 0 Å². The topological polar surface area (TPSA) is 24.9 Å². The normalized spacial score (nSPS) is 22.9. The van der Waals surface area contributed by atoms with Gasteiger partial charge in [-0.25, -0.2) is 0 Å². The van der Waals surface area contributed by atoms with Gasteiger partial charge in [0.1, 0.15) is 0 Å². The first-order chi connectivity index (χ1) is 5.86. The van der Waals surface area contributed by atoms with Crippen LogP contribution in [-0.4, -0.2) is 11.5 Å². The molecule has 0 saturated carbocycles. The summed E-state index contributed by atoms with van der Waals surface area (Å²) in [6.45, 7) is 1.12. The van der Waals surface area contributed by atoms with Gasteiger partial charge in [0.15, 0.2) is 0 Å². The summed E-state index contributed by atoms with van der Waals surface area (Å²) in [4.78, 5) is 4.33. The molecular weight excluding hydrogens is 216 g/mol. The molecule has 0 aromatic carbocycles. The van der Waals surface area contributed by atoms with Crippen molar-refractivity contribution in [3.63, 3.8) is 0 Å². The number of nitrogens with zero attached hydrogens (tertiary/aromatic N) is 1. The quantitative estimate of drug-likeness (QED) is 0.795. The second-order valence-corrected chi connectivity index (χ2v) is 3.96. The van der Waals surface area contributed by atoms with Gasteiger partial charge in [0, 0.05) is 16.7 Å². The van der Waals surface area contributed by atoms with E-state index in [1.165, 1.54) is 12.8 Å². The number of pyridine rings is 1. The van der Waals surface area contributed by atoms with Crippen molar-refractivity contribution in [2.75, 3.05) is 6.54 Å². The maximum atomic E-state index is 4.33. The summed E-state index contributed by atoms with van der Waals surface area (Å²) in [5.74, 6) is 0. The summed E-state index contributed by atoms with van der Waals surface area (Å²) < 4.78 is 1.11. The summed E-state index contributed by atoms with van der Waals surface area (Å²) in [7, 11) is 0. The minimum Gasteiger partial charge on any atom is -0.309 e. The third kappa shape index (κ3) is 1.67. The smallest absolute Gasteiger partial charge is 0.0584 e. The molecule has 64 valence electrons. The van der Waals surface area contributed by atoms with Crippen LogP contribution in [-0.2, 0) is 0 Å². The summed E-state index contributed by atoms with van der Waals surface area (Å²) in [6, 6.07) is 4.52. The SMILES string of the molecule is Brc1ccnc(C2CCCN2)c1. The van der Waals surface area contributed by atoms with E-state index in [1.807, 2.05) is 12.3 Å². The van der Waals surface area contributed by atoms with Crippen molar-refractivity contribution in [3.8, 4) is 0 Å².